The summed E-state index contributed by atoms with van der Waals surface area (Å²) < 4.78 is 10.8. The fourth-order valence-corrected chi connectivity index (χ4v) is 4.26. The molecule has 9 heteroatoms. The molecule has 0 spiro atoms. The Morgan fingerprint density at radius 2 is 2.00 bits per heavy atom. The molecular formula is C20H18N4O4S. The van der Waals surface area contributed by atoms with Crippen LogP contribution in [-0.4, -0.2) is 59.2 Å². The average Bonchev–Trinajstić information content (AvgIpc) is 3.37. The number of amides is 1. The van der Waals surface area contributed by atoms with Crippen molar-refractivity contribution in [3.8, 4) is 17.1 Å². The number of aromatic nitrogens is 3. The number of benzene rings is 1. The van der Waals surface area contributed by atoms with Crippen molar-refractivity contribution < 1.29 is 14.3 Å². The van der Waals surface area contributed by atoms with Crippen molar-refractivity contribution in [1.29, 1.82) is 0 Å². The molecule has 1 amide bonds. The molecule has 2 N–H and O–H groups in total. The molecule has 1 fully saturated rings. The number of morpholine rings is 1. The van der Waals surface area contributed by atoms with E-state index < -0.39 is 0 Å². The number of nitrogens with one attached hydrogen (secondary N) is 2. The third kappa shape index (κ3) is 3.08. The fourth-order valence-electron chi connectivity index (χ4n) is 3.57. The predicted molar refractivity (Wildman–Crippen MR) is 111 cm³/mol. The molecule has 0 aliphatic carbocycles. The first-order chi connectivity index (χ1) is 14.1. The molecule has 0 saturated carbocycles. The number of rotatable bonds is 3. The zero-order valence-corrected chi connectivity index (χ0v) is 16.5. The van der Waals surface area contributed by atoms with Crippen molar-refractivity contribution in [3.63, 3.8) is 0 Å². The summed E-state index contributed by atoms with van der Waals surface area (Å²) in [7, 11) is 1.54. The summed E-state index contributed by atoms with van der Waals surface area (Å²) in [6, 6.07) is 5.41. The first-order valence-corrected chi connectivity index (χ1v) is 10.1. The van der Waals surface area contributed by atoms with Crippen molar-refractivity contribution in [3.05, 3.63) is 44.9 Å². The minimum Gasteiger partial charge on any atom is -0.496 e. The summed E-state index contributed by atoms with van der Waals surface area (Å²) in [6.45, 7) is 2.17. The zero-order chi connectivity index (χ0) is 20.0. The first kappa shape index (κ1) is 17.9. The molecule has 148 valence electrons. The fraction of sp³-hybridized carbons (Fsp3) is 0.250. The summed E-state index contributed by atoms with van der Waals surface area (Å²) in [4.78, 5) is 37.8. The Morgan fingerprint density at radius 1 is 1.17 bits per heavy atom. The second-order valence-electron chi connectivity index (χ2n) is 6.81. The quantitative estimate of drug-likeness (QED) is 0.541. The van der Waals surface area contributed by atoms with Crippen molar-refractivity contribution in [2.75, 3.05) is 33.4 Å². The molecular weight excluding hydrogens is 392 g/mol. The van der Waals surface area contributed by atoms with E-state index in [0.29, 0.717) is 49.0 Å². The molecule has 1 aromatic carbocycles. The molecule has 0 atom stereocenters. The van der Waals surface area contributed by atoms with Crippen LogP contribution in [0.3, 0.4) is 0 Å². The molecule has 0 radical (unpaired) electrons. The number of carbonyl (C=O) groups excluding carboxylic acids is 1. The number of fused-ring (bicyclic) bond motifs is 2. The Labute approximate surface area is 169 Å². The van der Waals surface area contributed by atoms with Crippen LogP contribution in [0.4, 0.5) is 0 Å². The highest BCUT2D eigenvalue weighted by molar-refractivity contribution is 7.09. The van der Waals surface area contributed by atoms with Crippen LogP contribution < -0.4 is 10.3 Å². The Kier molecular flexibility index (Phi) is 4.33. The molecule has 3 aromatic heterocycles. The van der Waals surface area contributed by atoms with Gasteiger partial charge in [-0.25, -0.2) is 4.98 Å². The maximum atomic E-state index is 13.0. The maximum absolute atomic E-state index is 13.0. The number of hydrogen-bond acceptors (Lipinski definition) is 6. The van der Waals surface area contributed by atoms with E-state index in [4.69, 9.17) is 9.47 Å². The van der Waals surface area contributed by atoms with Crippen LogP contribution >= 0.6 is 11.3 Å². The molecule has 4 heterocycles. The Balaban J connectivity index is 1.60. The van der Waals surface area contributed by atoms with Crippen LogP contribution in [0.2, 0.25) is 0 Å². The zero-order valence-electron chi connectivity index (χ0n) is 15.7. The second kappa shape index (κ2) is 7.02. The van der Waals surface area contributed by atoms with Gasteiger partial charge in [0.15, 0.2) is 5.69 Å². The summed E-state index contributed by atoms with van der Waals surface area (Å²) in [5, 5.41) is 4.55. The number of hydrogen-bond donors (Lipinski definition) is 2. The van der Waals surface area contributed by atoms with Crippen molar-refractivity contribution >= 4 is 39.2 Å². The topological polar surface area (TPSA) is 100 Å². The van der Waals surface area contributed by atoms with Crippen LogP contribution in [0, 0.1) is 0 Å². The normalized spacial score (nSPS) is 14.6. The van der Waals surface area contributed by atoms with E-state index >= 15 is 0 Å². The van der Waals surface area contributed by atoms with Gasteiger partial charge in [0, 0.05) is 40.8 Å². The van der Waals surface area contributed by atoms with Crippen molar-refractivity contribution in [1.82, 2.24) is 19.9 Å². The largest absolute Gasteiger partial charge is 0.496 e. The smallest absolute Gasteiger partial charge is 0.276 e. The van der Waals surface area contributed by atoms with E-state index in [-0.39, 0.29) is 11.5 Å². The van der Waals surface area contributed by atoms with Crippen LogP contribution in [-0.2, 0) is 4.74 Å². The minimum atomic E-state index is -0.265. The van der Waals surface area contributed by atoms with Crippen LogP contribution in [0.15, 0.2) is 33.8 Å². The molecule has 29 heavy (non-hydrogen) atoms. The van der Waals surface area contributed by atoms with Gasteiger partial charge < -0.3 is 24.3 Å². The third-order valence-corrected chi connectivity index (χ3v) is 5.79. The number of methoxy groups -OCH3 is 1. The highest BCUT2D eigenvalue weighted by atomic mass is 32.1. The Morgan fingerprint density at radius 3 is 2.79 bits per heavy atom. The van der Waals surface area contributed by atoms with E-state index in [1.54, 1.807) is 17.0 Å². The monoisotopic (exact) mass is 410 g/mol. The number of aromatic amines is 2. The molecule has 0 bridgehead atoms. The van der Waals surface area contributed by atoms with Gasteiger partial charge in [0.25, 0.3) is 11.5 Å². The highest BCUT2D eigenvalue weighted by Crippen LogP contribution is 2.30. The number of nitrogens with zero attached hydrogens (tertiary/aromatic N) is 2. The molecule has 5 rings (SSSR count). The summed E-state index contributed by atoms with van der Waals surface area (Å²) in [5.41, 5.74) is 3.35. The standard InChI is InChI=1S/C20H18N4O4S/c1-27-17-8-13-11(6-12(17)20(26)24-2-4-28-5-3-24)7-14(21-13)18-19(25)23-16-10-29-9-15(16)22-18/h6-10,21H,2-5H2,1H3,(H,23,25). The molecule has 1 aliphatic heterocycles. The molecule has 4 aromatic rings. The van der Waals surface area contributed by atoms with Gasteiger partial charge in [-0.1, -0.05) is 0 Å². The first-order valence-electron chi connectivity index (χ1n) is 9.18. The number of ether oxygens (including phenoxy) is 2. The van der Waals surface area contributed by atoms with Gasteiger partial charge in [0.05, 0.1) is 42.6 Å². The van der Waals surface area contributed by atoms with Crippen LogP contribution in [0.5, 0.6) is 5.75 Å². The summed E-state index contributed by atoms with van der Waals surface area (Å²) >= 11 is 1.48. The predicted octanol–water partition coefficient (Wildman–Crippen LogP) is 2.61. The molecule has 8 nitrogen and oxygen atoms in total. The van der Waals surface area contributed by atoms with Gasteiger partial charge in [-0.05, 0) is 12.1 Å². The lowest BCUT2D eigenvalue weighted by atomic mass is 10.1. The third-order valence-electron chi connectivity index (χ3n) is 5.06. The summed E-state index contributed by atoms with van der Waals surface area (Å²) in [5.74, 6) is 0.392. The van der Waals surface area contributed by atoms with E-state index in [0.717, 1.165) is 21.9 Å². The lowest BCUT2D eigenvalue weighted by Gasteiger charge is -2.27. The minimum absolute atomic E-state index is 0.0922. The van der Waals surface area contributed by atoms with E-state index in [9.17, 15) is 9.59 Å². The SMILES string of the molecule is COc1cc2[nH]c(-c3nc4cscc4[nH]c3=O)cc2cc1C(=O)N1CCOCC1. The number of thiophene rings is 1. The molecule has 1 saturated heterocycles. The van der Waals surface area contributed by atoms with E-state index in [1.807, 2.05) is 16.8 Å². The van der Waals surface area contributed by atoms with Gasteiger partial charge in [-0.3, -0.25) is 9.59 Å². The second-order valence-corrected chi connectivity index (χ2v) is 7.56. The van der Waals surface area contributed by atoms with Crippen molar-refractivity contribution in [2.24, 2.45) is 0 Å². The number of H-pyrrole nitrogens is 2. The molecule has 0 unspecified atom stereocenters. The Hall–Kier alpha value is -3.17. The summed E-state index contributed by atoms with van der Waals surface area (Å²) in [6.07, 6.45) is 0. The van der Waals surface area contributed by atoms with Gasteiger partial charge in [0.2, 0.25) is 0 Å². The Bertz CT molecular complexity index is 1280. The highest BCUT2D eigenvalue weighted by Gasteiger charge is 2.23. The average molecular weight is 410 g/mol. The van der Waals surface area contributed by atoms with Gasteiger partial charge in [0.1, 0.15) is 5.75 Å². The van der Waals surface area contributed by atoms with E-state index in [2.05, 4.69) is 15.0 Å². The maximum Gasteiger partial charge on any atom is 0.276 e. The lowest BCUT2D eigenvalue weighted by molar-refractivity contribution is 0.0301. The lowest BCUT2D eigenvalue weighted by Crippen LogP contribution is -2.40. The van der Waals surface area contributed by atoms with Crippen LogP contribution in [0.1, 0.15) is 10.4 Å². The van der Waals surface area contributed by atoms with Gasteiger partial charge in [-0.15, -0.1) is 11.3 Å². The van der Waals surface area contributed by atoms with Gasteiger partial charge >= 0.3 is 0 Å². The van der Waals surface area contributed by atoms with Crippen molar-refractivity contribution in [2.45, 2.75) is 0 Å². The molecule has 1 aliphatic rings. The van der Waals surface area contributed by atoms with E-state index in [1.165, 1.54) is 18.4 Å². The van der Waals surface area contributed by atoms with Gasteiger partial charge in [-0.2, -0.15) is 0 Å². The number of carbonyl (C=O) groups is 1. The van der Waals surface area contributed by atoms with Crippen LogP contribution in [0.25, 0.3) is 33.3 Å².